The molecule has 15 heavy (non-hydrogen) atoms. The zero-order valence-electron chi connectivity index (χ0n) is 8.61. The molecule has 2 rings (SSSR count). The second-order valence-electron chi connectivity index (χ2n) is 4.15. The zero-order chi connectivity index (χ0) is 10.7. The number of carboxylic acids is 1. The summed E-state index contributed by atoms with van der Waals surface area (Å²) in [5.41, 5.74) is -0.103. The summed E-state index contributed by atoms with van der Waals surface area (Å²) < 4.78 is 11.1. The van der Waals surface area contributed by atoms with Gasteiger partial charge in [-0.2, -0.15) is 0 Å². The number of hydrogen-bond donors (Lipinski definition) is 1. The third-order valence-electron chi connectivity index (χ3n) is 2.96. The Morgan fingerprint density at radius 1 is 1.53 bits per heavy atom. The fraction of sp³-hybridized carbons (Fsp3) is 0.900. The highest BCUT2D eigenvalue weighted by atomic mass is 32.2. The van der Waals surface area contributed by atoms with Crippen LogP contribution < -0.4 is 0 Å². The molecule has 5 heteroatoms. The Morgan fingerprint density at radius 3 is 3.07 bits per heavy atom. The average Bonchev–Trinajstić information content (AvgIpc) is 2.63. The third kappa shape index (κ3) is 2.86. The van der Waals surface area contributed by atoms with E-state index in [-0.39, 0.29) is 11.4 Å². The molecule has 0 saturated carbocycles. The van der Waals surface area contributed by atoms with Gasteiger partial charge in [0.1, 0.15) is 0 Å². The number of carbonyl (C=O) groups is 1. The molecule has 0 aromatic heterocycles. The van der Waals surface area contributed by atoms with E-state index in [1.807, 2.05) is 0 Å². The van der Waals surface area contributed by atoms with Crippen LogP contribution in [0.5, 0.6) is 0 Å². The Kier molecular flexibility index (Phi) is 3.53. The Morgan fingerprint density at radius 2 is 2.40 bits per heavy atom. The monoisotopic (exact) mass is 232 g/mol. The molecule has 2 heterocycles. The molecule has 4 nitrogen and oxygen atoms in total. The van der Waals surface area contributed by atoms with E-state index in [0.29, 0.717) is 11.9 Å². The minimum absolute atomic E-state index is 0.103. The molecular weight excluding hydrogens is 216 g/mol. The summed E-state index contributed by atoms with van der Waals surface area (Å²) in [7, 11) is 0. The van der Waals surface area contributed by atoms with E-state index in [9.17, 15) is 4.79 Å². The molecular formula is C10H16O4S. The van der Waals surface area contributed by atoms with Crippen LogP contribution in [0.1, 0.15) is 19.3 Å². The molecule has 86 valence electrons. The Balaban J connectivity index is 1.84. The maximum Gasteiger partial charge on any atom is 0.313 e. The van der Waals surface area contributed by atoms with Gasteiger partial charge in [-0.25, -0.2) is 0 Å². The van der Waals surface area contributed by atoms with Crippen LogP contribution in [0.2, 0.25) is 0 Å². The summed E-state index contributed by atoms with van der Waals surface area (Å²) in [6.45, 7) is 2.19. The lowest BCUT2D eigenvalue weighted by atomic mass is 9.93. The Labute approximate surface area is 93.3 Å². The molecule has 0 aromatic carbocycles. The first-order chi connectivity index (χ1) is 7.20. The second kappa shape index (κ2) is 4.72. The van der Waals surface area contributed by atoms with Crippen molar-refractivity contribution in [3.8, 4) is 0 Å². The molecule has 0 bridgehead atoms. The van der Waals surface area contributed by atoms with Gasteiger partial charge in [-0.15, -0.1) is 11.8 Å². The summed E-state index contributed by atoms with van der Waals surface area (Å²) in [5, 5.41) is 9.04. The van der Waals surface area contributed by atoms with Crippen molar-refractivity contribution >= 4 is 17.7 Å². The molecule has 2 saturated heterocycles. The molecule has 1 N–H and O–H groups in total. The first-order valence-electron chi connectivity index (χ1n) is 5.25. The van der Waals surface area contributed by atoms with Gasteiger partial charge in [-0.05, 0) is 12.8 Å². The van der Waals surface area contributed by atoms with Crippen molar-refractivity contribution in [2.45, 2.75) is 30.1 Å². The fourth-order valence-corrected chi connectivity index (χ4v) is 3.24. The van der Waals surface area contributed by atoms with Crippen LogP contribution in [0.25, 0.3) is 0 Å². The lowest BCUT2D eigenvalue weighted by molar-refractivity contribution is -0.133. The van der Waals surface area contributed by atoms with Crippen molar-refractivity contribution < 1.29 is 19.4 Å². The predicted molar refractivity (Wildman–Crippen MR) is 57.2 cm³/mol. The van der Waals surface area contributed by atoms with E-state index in [4.69, 9.17) is 14.6 Å². The van der Waals surface area contributed by atoms with Crippen LogP contribution in [0.15, 0.2) is 0 Å². The highest BCUT2D eigenvalue weighted by Gasteiger charge is 2.41. The van der Waals surface area contributed by atoms with Crippen molar-refractivity contribution in [2.75, 3.05) is 25.6 Å². The number of thioether (sulfide) groups is 1. The van der Waals surface area contributed by atoms with Crippen molar-refractivity contribution in [3.05, 3.63) is 0 Å². The first-order valence-corrected chi connectivity index (χ1v) is 6.30. The summed E-state index contributed by atoms with van der Waals surface area (Å²) in [6, 6.07) is 0. The molecule has 2 fully saturated rings. The topological polar surface area (TPSA) is 55.8 Å². The van der Waals surface area contributed by atoms with Gasteiger partial charge in [-0.1, -0.05) is 0 Å². The van der Waals surface area contributed by atoms with Gasteiger partial charge in [0.15, 0.2) is 0 Å². The number of rotatable bonds is 3. The summed E-state index contributed by atoms with van der Waals surface area (Å²) in [6.07, 6.45) is 2.85. The van der Waals surface area contributed by atoms with Gasteiger partial charge in [0.2, 0.25) is 0 Å². The Hall–Kier alpha value is -0.260. The van der Waals surface area contributed by atoms with E-state index in [0.717, 1.165) is 32.5 Å². The van der Waals surface area contributed by atoms with Crippen molar-refractivity contribution in [3.63, 3.8) is 0 Å². The van der Waals surface area contributed by atoms with Gasteiger partial charge in [-0.3, -0.25) is 4.79 Å². The average molecular weight is 232 g/mol. The maximum atomic E-state index is 10.5. The minimum atomic E-state index is -0.733. The molecule has 0 amide bonds. The molecule has 2 unspecified atom stereocenters. The number of ether oxygens (including phenoxy) is 2. The SMILES string of the molecule is O=C(O)CSC1CCOC2(CCOC2)C1. The van der Waals surface area contributed by atoms with Crippen LogP contribution in [0.3, 0.4) is 0 Å². The molecule has 2 aliphatic rings. The third-order valence-corrected chi connectivity index (χ3v) is 4.24. The predicted octanol–water partition coefficient (Wildman–Crippen LogP) is 1.14. The highest BCUT2D eigenvalue weighted by Crippen LogP contribution is 2.37. The van der Waals surface area contributed by atoms with Crippen LogP contribution in [-0.2, 0) is 14.3 Å². The molecule has 2 aliphatic heterocycles. The van der Waals surface area contributed by atoms with Gasteiger partial charge >= 0.3 is 5.97 Å². The van der Waals surface area contributed by atoms with E-state index < -0.39 is 5.97 Å². The summed E-state index contributed by atoms with van der Waals surface area (Å²) in [4.78, 5) is 10.5. The van der Waals surface area contributed by atoms with Gasteiger partial charge in [0.05, 0.1) is 18.0 Å². The second-order valence-corrected chi connectivity index (χ2v) is 5.44. The van der Waals surface area contributed by atoms with Crippen LogP contribution >= 0.6 is 11.8 Å². The smallest absolute Gasteiger partial charge is 0.313 e. The summed E-state index contributed by atoms with van der Waals surface area (Å²) >= 11 is 1.53. The van der Waals surface area contributed by atoms with Gasteiger partial charge in [0.25, 0.3) is 0 Å². The van der Waals surface area contributed by atoms with E-state index in [1.54, 1.807) is 0 Å². The molecule has 0 radical (unpaired) electrons. The van der Waals surface area contributed by atoms with Crippen molar-refractivity contribution in [1.82, 2.24) is 0 Å². The van der Waals surface area contributed by atoms with Gasteiger partial charge in [0, 0.05) is 24.9 Å². The molecule has 0 aromatic rings. The van der Waals surface area contributed by atoms with Crippen molar-refractivity contribution in [2.24, 2.45) is 0 Å². The fourth-order valence-electron chi connectivity index (χ4n) is 2.18. The van der Waals surface area contributed by atoms with Crippen LogP contribution in [0.4, 0.5) is 0 Å². The lowest BCUT2D eigenvalue weighted by Crippen LogP contribution is -2.41. The molecule has 1 spiro atoms. The quantitative estimate of drug-likeness (QED) is 0.791. The molecule has 0 aliphatic carbocycles. The van der Waals surface area contributed by atoms with Crippen LogP contribution in [0, 0.1) is 0 Å². The molecule has 2 atom stereocenters. The van der Waals surface area contributed by atoms with Gasteiger partial charge < -0.3 is 14.6 Å². The number of carboxylic acid groups (broad SMARTS) is 1. The first kappa shape index (κ1) is 11.2. The maximum absolute atomic E-state index is 10.5. The standard InChI is InChI=1S/C10H16O4S/c11-9(12)6-15-8-1-3-14-10(5-8)2-4-13-7-10/h8H,1-7H2,(H,11,12). The Bertz CT molecular complexity index is 238. The van der Waals surface area contributed by atoms with E-state index in [1.165, 1.54) is 11.8 Å². The van der Waals surface area contributed by atoms with Crippen LogP contribution in [-0.4, -0.2) is 47.5 Å². The lowest BCUT2D eigenvalue weighted by Gasteiger charge is -2.36. The largest absolute Gasteiger partial charge is 0.481 e. The minimum Gasteiger partial charge on any atom is -0.481 e. The highest BCUT2D eigenvalue weighted by molar-refractivity contribution is 8.00. The normalized spacial score (nSPS) is 35.9. The summed E-state index contributed by atoms with van der Waals surface area (Å²) in [5.74, 6) is -0.537. The van der Waals surface area contributed by atoms with Crippen molar-refractivity contribution in [1.29, 1.82) is 0 Å². The number of hydrogen-bond acceptors (Lipinski definition) is 4. The number of aliphatic carboxylic acids is 1. The van der Waals surface area contributed by atoms with E-state index >= 15 is 0 Å². The van der Waals surface area contributed by atoms with E-state index in [2.05, 4.69) is 0 Å². The zero-order valence-corrected chi connectivity index (χ0v) is 9.42.